The number of para-hydroxylation sites is 1. The van der Waals surface area contributed by atoms with Gasteiger partial charge >= 0.3 is 0 Å². The van der Waals surface area contributed by atoms with Gasteiger partial charge in [-0.1, -0.05) is 36.4 Å². The number of fused-ring (bicyclic) bond motifs is 1. The second kappa shape index (κ2) is 7.05. The summed E-state index contributed by atoms with van der Waals surface area (Å²) in [7, 11) is -3.38. The van der Waals surface area contributed by atoms with Gasteiger partial charge in [-0.2, -0.15) is 0 Å². The summed E-state index contributed by atoms with van der Waals surface area (Å²) in [6.45, 7) is 0.117. The Balaban J connectivity index is 1.76. The van der Waals surface area contributed by atoms with E-state index in [1.54, 1.807) is 47.4 Å². The molecule has 28 heavy (non-hydrogen) atoms. The number of amides is 1. The van der Waals surface area contributed by atoms with Crippen LogP contribution in [0.5, 0.6) is 0 Å². The molecule has 1 amide bonds. The highest BCUT2D eigenvalue weighted by atomic mass is 32.2. The molecule has 1 aliphatic carbocycles. The maximum Gasteiger partial charge on any atom is 0.290 e. The lowest BCUT2D eigenvalue weighted by Gasteiger charge is -2.22. The lowest BCUT2D eigenvalue weighted by molar-refractivity contribution is 0.0697. The van der Waals surface area contributed by atoms with E-state index in [1.807, 2.05) is 0 Å². The van der Waals surface area contributed by atoms with Crippen molar-refractivity contribution in [2.24, 2.45) is 0 Å². The molecule has 1 fully saturated rings. The Hall–Kier alpha value is -2.67. The molecule has 0 N–H and O–H groups in total. The smallest absolute Gasteiger partial charge is 0.290 e. The van der Waals surface area contributed by atoms with Crippen LogP contribution in [0.1, 0.15) is 34.5 Å². The number of hydrogen-bond acceptors (Lipinski definition) is 4. The SMILES string of the molecule is CS(=O)(=O)Cc1c(C(=O)N(Cc2ccccc2F)C2CC2)oc2ccccc12. The highest BCUT2D eigenvalue weighted by Gasteiger charge is 2.36. The van der Waals surface area contributed by atoms with Crippen molar-refractivity contribution in [2.45, 2.75) is 31.2 Å². The molecular formula is C21H20FNO4S. The van der Waals surface area contributed by atoms with Gasteiger partial charge in [0.25, 0.3) is 5.91 Å². The zero-order valence-electron chi connectivity index (χ0n) is 15.4. The van der Waals surface area contributed by atoms with Crippen LogP contribution in [-0.2, 0) is 22.1 Å². The number of carbonyl (C=O) groups is 1. The van der Waals surface area contributed by atoms with E-state index in [1.165, 1.54) is 6.07 Å². The largest absolute Gasteiger partial charge is 0.451 e. The van der Waals surface area contributed by atoms with E-state index in [-0.39, 0.29) is 29.9 Å². The normalized spacial score (nSPS) is 14.4. The summed E-state index contributed by atoms with van der Waals surface area (Å²) in [5.41, 5.74) is 1.25. The van der Waals surface area contributed by atoms with Crippen LogP contribution in [0.4, 0.5) is 4.39 Å². The molecule has 1 aromatic heterocycles. The summed E-state index contributed by atoms with van der Waals surface area (Å²) in [5.74, 6) is -1.04. The molecule has 1 heterocycles. The van der Waals surface area contributed by atoms with Crippen LogP contribution in [0.15, 0.2) is 52.9 Å². The van der Waals surface area contributed by atoms with Gasteiger partial charge in [-0.25, -0.2) is 12.8 Å². The van der Waals surface area contributed by atoms with Gasteiger partial charge in [-0.05, 0) is 25.0 Å². The molecule has 7 heteroatoms. The molecule has 0 bridgehead atoms. The molecule has 0 aliphatic heterocycles. The first kappa shape index (κ1) is 18.7. The fourth-order valence-electron chi connectivity index (χ4n) is 3.37. The van der Waals surface area contributed by atoms with Crippen LogP contribution in [-0.4, -0.2) is 31.5 Å². The molecule has 0 saturated heterocycles. The molecule has 5 nitrogen and oxygen atoms in total. The van der Waals surface area contributed by atoms with Gasteiger partial charge in [0.1, 0.15) is 11.4 Å². The molecule has 4 rings (SSSR count). The topological polar surface area (TPSA) is 67.6 Å². The molecule has 2 aromatic carbocycles. The van der Waals surface area contributed by atoms with Crippen molar-refractivity contribution >= 4 is 26.7 Å². The average molecular weight is 401 g/mol. The Labute approximate surface area is 162 Å². The predicted octanol–water partition coefficient (Wildman–Crippen LogP) is 3.92. The van der Waals surface area contributed by atoms with E-state index in [0.29, 0.717) is 22.1 Å². The maximum absolute atomic E-state index is 14.1. The standard InChI is InChI=1S/C21H20FNO4S/c1-28(25,26)13-17-16-7-3-5-9-19(16)27-20(17)21(24)23(15-10-11-15)12-14-6-2-4-8-18(14)22/h2-9,15H,10-13H2,1H3. The highest BCUT2D eigenvalue weighted by molar-refractivity contribution is 7.89. The Morgan fingerprint density at radius 3 is 2.50 bits per heavy atom. The maximum atomic E-state index is 14.1. The van der Waals surface area contributed by atoms with Crippen molar-refractivity contribution in [3.8, 4) is 0 Å². The van der Waals surface area contributed by atoms with Crippen molar-refractivity contribution in [1.29, 1.82) is 0 Å². The molecule has 0 spiro atoms. The minimum Gasteiger partial charge on any atom is -0.451 e. The number of benzene rings is 2. The van der Waals surface area contributed by atoms with Gasteiger partial charge in [-0.3, -0.25) is 4.79 Å². The minimum atomic E-state index is -3.38. The van der Waals surface area contributed by atoms with Gasteiger partial charge in [0, 0.05) is 35.4 Å². The van der Waals surface area contributed by atoms with Gasteiger partial charge in [-0.15, -0.1) is 0 Å². The molecule has 0 radical (unpaired) electrons. The van der Waals surface area contributed by atoms with E-state index in [4.69, 9.17) is 4.42 Å². The van der Waals surface area contributed by atoms with E-state index >= 15 is 0 Å². The van der Waals surface area contributed by atoms with Crippen molar-refractivity contribution < 1.29 is 22.0 Å². The quantitative estimate of drug-likeness (QED) is 0.628. The molecular weight excluding hydrogens is 381 g/mol. The van der Waals surface area contributed by atoms with Crippen LogP contribution in [0.25, 0.3) is 11.0 Å². The number of nitrogens with zero attached hydrogens (tertiary/aromatic N) is 1. The molecule has 0 unspecified atom stereocenters. The van der Waals surface area contributed by atoms with Crippen LogP contribution >= 0.6 is 0 Å². The number of carbonyl (C=O) groups excluding carboxylic acids is 1. The molecule has 1 saturated carbocycles. The minimum absolute atomic E-state index is 0.00593. The summed E-state index contributed by atoms with van der Waals surface area (Å²) < 4.78 is 43.8. The average Bonchev–Trinajstić information content (AvgIpc) is 3.42. The van der Waals surface area contributed by atoms with Crippen LogP contribution in [0.2, 0.25) is 0 Å². The first-order chi connectivity index (χ1) is 13.3. The van der Waals surface area contributed by atoms with E-state index in [0.717, 1.165) is 19.1 Å². The first-order valence-electron chi connectivity index (χ1n) is 9.06. The fraction of sp³-hybridized carbons (Fsp3) is 0.286. The third-order valence-corrected chi connectivity index (χ3v) is 5.66. The Morgan fingerprint density at radius 2 is 1.82 bits per heavy atom. The molecule has 0 atom stereocenters. The molecule has 146 valence electrons. The lowest BCUT2D eigenvalue weighted by Crippen LogP contribution is -2.33. The van der Waals surface area contributed by atoms with Crippen LogP contribution in [0, 0.1) is 5.82 Å². The number of halogens is 1. The van der Waals surface area contributed by atoms with Gasteiger partial charge < -0.3 is 9.32 Å². The second-order valence-corrected chi connectivity index (χ2v) is 9.37. The monoisotopic (exact) mass is 401 g/mol. The number of hydrogen-bond donors (Lipinski definition) is 0. The number of sulfone groups is 1. The summed E-state index contributed by atoms with van der Waals surface area (Å²) in [6, 6.07) is 13.3. The molecule has 1 aliphatic rings. The third-order valence-electron chi connectivity index (χ3n) is 4.85. The highest BCUT2D eigenvalue weighted by Crippen LogP contribution is 2.34. The Bertz CT molecular complexity index is 1150. The second-order valence-electron chi connectivity index (χ2n) is 7.23. The van der Waals surface area contributed by atoms with Crippen molar-refractivity contribution in [3.63, 3.8) is 0 Å². The van der Waals surface area contributed by atoms with Crippen molar-refractivity contribution in [1.82, 2.24) is 4.90 Å². The summed E-state index contributed by atoms with van der Waals surface area (Å²) >= 11 is 0. The zero-order chi connectivity index (χ0) is 19.9. The van der Waals surface area contributed by atoms with E-state index < -0.39 is 15.7 Å². The predicted molar refractivity (Wildman–Crippen MR) is 104 cm³/mol. The van der Waals surface area contributed by atoms with Crippen molar-refractivity contribution in [3.05, 3.63) is 71.2 Å². The summed E-state index contributed by atoms with van der Waals surface area (Å²) in [5, 5.41) is 0.609. The summed E-state index contributed by atoms with van der Waals surface area (Å²) in [6.07, 6.45) is 2.80. The number of furan rings is 1. The zero-order valence-corrected chi connectivity index (χ0v) is 16.2. The lowest BCUT2D eigenvalue weighted by atomic mass is 10.1. The third kappa shape index (κ3) is 3.80. The van der Waals surface area contributed by atoms with Crippen molar-refractivity contribution in [2.75, 3.05) is 6.26 Å². The van der Waals surface area contributed by atoms with Crippen LogP contribution in [0.3, 0.4) is 0 Å². The van der Waals surface area contributed by atoms with Crippen LogP contribution < -0.4 is 0 Å². The van der Waals surface area contributed by atoms with Gasteiger partial charge in [0.15, 0.2) is 15.6 Å². The fourth-order valence-corrected chi connectivity index (χ4v) is 4.18. The van der Waals surface area contributed by atoms with Gasteiger partial charge in [0.05, 0.1) is 5.75 Å². The molecule has 3 aromatic rings. The Kier molecular flexibility index (Phi) is 4.71. The summed E-state index contributed by atoms with van der Waals surface area (Å²) in [4.78, 5) is 14.9. The first-order valence-corrected chi connectivity index (χ1v) is 11.1. The van der Waals surface area contributed by atoms with Gasteiger partial charge in [0.2, 0.25) is 0 Å². The Morgan fingerprint density at radius 1 is 1.14 bits per heavy atom. The van der Waals surface area contributed by atoms with E-state index in [2.05, 4.69) is 0 Å². The number of rotatable bonds is 6. The van der Waals surface area contributed by atoms with E-state index in [9.17, 15) is 17.6 Å².